The number of ether oxygens (including phenoxy) is 1. The molecule has 8 heteroatoms. The lowest BCUT2D eigenvalue weighted by molar-refractivity contribution is -0.140. The van der Waals surface area contributed by atoms with Crippen molar-refractivity contribution < 1.29 is 13.9 Å². The van der Waals surface area contributed by atoms with Crippen molar-refractivity contribution in [1.29, 1.82) is 0 Å². The van der Waals surface area contributed by atoms with Crippen LogP contribution in [0.2, 0.25) is 0 Å². The summed E-state index contributed by atoms with van der Waals surface area (Å²) in [5.74, 6) is -0.579. The number of carbonyl (C=O) groups excluding carboxylic acids is 1. The number of benzene rings is 1. The number of carbonyl (C=O) groups is 1. The quantitative estimate of drug-likeness (QED) is 0.448. The predicted octanol–water partition coefficient (Wildman–Crippen LogP) is 4.16. The zero-order chi connectivity index (χ0) is 22.8. The minimum Gasteiger partial charge on any atom is -0.469 e. The third-order valence-electron chi connectivity index (χ3n) is 5.84. The van der Waals surface area contributed by atoms with Crippen LogP contribution in [0.3, 0.4) is 0 Å². The van der Waals surface area contributed by atoms with Crippen molar-refractivity contribution in [2.75, 3.05) is 13.7 Å². The molecule has 0 bridgehead atoms. The minimum absolute atomic E-state index is 0.185. The van der Waals surface area contributed by atoms with Gasteiger partial charge in [0.15, 0.2) is 5.11 Å². The van der Waals surface area contributed by atoms with E-state index in [1.165, 1.54) is 19.2 Å². The molecule has 1 fully saturated rings. The number of hydrogen-bond donors (Lipinski definition) is 1. The summed E-state index contributed by atoms with van der Waals surface area (Å²) in [4.78, 5) is 18.4. The zero-order valence-electron chi connectivity index (χ0n) is 18.2. The lowest BCUT2D eigenvalue weighted by Crippen LogP contribution is -2.32. The molecule has 1 saturated heterocycles. The number of halogens is 1. The maximum absolute atomic E-state index is 13.9. The summed E-state index contributed by atoms with van der Waals surface area (Å²) in [5, 5.41) is 3.95. The van der Waals surface area contributed by atoms with E-state index in [9.17, 15) is 9.18 Å². The number of aryl methyl sites for hydroxylation is 1. The lowest BCUT2D eigenvalue weighted by Gasteiger charge is -2.28. The lowest BCUT2D eigenvalue weighted by atomic mass is 9.96. The van der Waals surface area contributed by atoms with E-state index in [1.807, 2.05) is 47.6 Å². The molecule has 166 valence electrons. The molecule has 1 aliphatic heterocycles. The Labute approximate surface area is 192 Å². The van der Waals surface area contributed by atoms with E-state index in [0.29, 0.717) is 11.7 Å². The van der Waals surface area contributed by atoms with E-state index in [-0.39, 0.29) is 30.3 Å². The van der Waals surface area contributed by atoms with E-state index < -0.39 is 0 Å². The fraction of sp³-hybridized carbons (Fsp3) is 0.292. The van der Waals surface area contributed by atoms with Crippen LogP contribution >= 0.6 is 12.2 Å². The molecule has 1 aliphatic rings. The van der Waals surface area contributed by atoms with Gasteiger partial charge in [-0.25, -0.2) is 4.39 Å². The van der Waals surface area contributed by atoms with Crippen molar-refractivity contribution in [3.8, 4) is 5.69 Å². The van der Waals surface area contributed by atoms with Crippen LogP contribution in [0.4, 0.5) is 4.39 Å². The van der Waals surface area contributed by atoms with Crippen LogP contribution in [0.25, 0.3) is 5.69 Å². The van der Waals surface area contributed by atoms with Gasteiger partial charge in [0.2, 0.25) is 0 Å². The van der Waals surface area contributed by atoms with Crippen LogP contribution in [-0.2, 0) is 9.53 Å². The molecule has 0 aliphatic carbocycles. The molecule has 32 heavy (non-hydrogen) atoms. The maximum atomic E-state index is 13.9. The number of esters is 1. The fourth-order valence-electron chi connectivity index (χ4n) is 4.40. The minimum atomic E-state index is -0.293. The summed E-state index contributed by atoms with van der Waals surface area (Å²) in [6.45, 7) is 4.43. The molecule has 3 heterocycles. The van der Waals surface area contributed by atoms with Gasteiger partial charge < -0.3 is 19.5 Å². The Morgan fingerprint density at radius 1 is 1.22 bits per heavy atom. The van der Waals surface area contributed by atoms with Crippen LogP contribution in [0.5, 0.6) is 0 Å². The molecule has 0 radical (unpaired) electrons. The van der Waals surface area contributed by atoms with Gasteiger partial charge in [-0.15, -0.1) is 0 Å². The first-order valence-corrected chi connectivity index (χ1v) is 10.8. The van der Waals surface area contributed by atoms with Crippen molar-refractivity contribution >= 4 is 23.3 Å². The van der Waals surface area contributed by atoms with Gasteiger partial charge >= 0.3 is 5.97 Å². The Morgan fingerprint density at radius 3 is 2.72 bits per heavy atom. The van der Waals surface area contributed by atoms with Crippen LogP contribution in [-0.4, -0.2) is 39.2 Å². The third-order valence-corrected chi connectivity index (χ3v) is 6.19. The van der Waals surface area contributed by atoms with Crippen molar-refractivity contribution in [1.82, 2.24) is 19.8 Å². The average Bonchev–Trinajstić information content (AvgIpc) is 3.27. The molecule has 6 nitrogen and oxygen atoms in total. The normalized spacial score (nSPS) is 18.0. The molecule has 2 atom stereocenters. The van der Waals surface area contributed by atoms with E-state index in [4.69, 9.17) is 17.0 Å². The monoisotopic (exact) mass is 452 g/mol. The summed E-state index contributed by atoms with van der Waals surface area (Å²) in [5.41, 5.74) is 4.62. The second kappa shape index (κ2) is 9.08. The molecule has 0 spiro atoms. The largest absolute Gasteiger partial charge is 0.469 e. The molecule has 0 amide bonds. The summed E-state index contributed by atoms with van der Waals surface area (Å²) in [7, 11) is 1.38. The second-order valence-electron chi connectivity index (χ2n) is 7.79. The Kier molecular flexibility index (Phi) is 6.23. The first-order chi connectivity index (χ1) is 15.4. The van der Waals surface area contributed by atoms with Crippen molar-refractivity contribution in [3.63, 3.8) is 0 Å². The highest BCUT2D eigenvalue weighted by molar-refractivity contribution is 7.80. The Morgan fingerprint density at radius 2 is 2.03 bits per heavy atom. The molecule has 1 aromatic carbocycles. The molecule has 2 unspecified atom stereocenters. The van der Waals surface area contributed by atoms with Crippen molar-refractivity contribution in [2.24, 2.45) is 0 Å². The van der Waals surface area contributed by atoms with E-state index in [1.54, 1.807) is 12.3 Å². The number of aromatic nitrogens is 2. The number of nitrogens with one attached hydrogen (secondary N) is 1. The highest BCUT2D eigenvalue weighted by Crippen LogP contribution is 2.41. The number of methoxy groups -OCH3 is 1. The molecule has 1 N–H and O–H groups in total. The van der Waals surface area contributed by atoms with Crippen LogP contribution in [0.1, 0.15) is 41.1 Å². The van der Waals surface area contributed by atoms with Crippen molar-refractivity contribution in [3.05, 3.63) is 83.2 Å². The van der Waals surface area contributed by atoms with Gasteiger partial charge in [-0.05, 0) is 68.0 Å². The Hall–Kier alpha value is -3.26. The Bertz CT molecular complexity index is 1150. The number of hydrogen-bond acceptors (Lipinski definition) is 4. The highest BCUT2D eigenvalue weighted by atomic mass is 32.1. The van der Waals surface area contributed by atoms with Gasteiger partial charge in [0.25, 0.3) is 0 Å². The third kappa shape index (κ3) is 4.10. The van der Waals surface area contributed by atoms with Crippen LogP contribution in [0.15, 0.2) is 54.7 Å². The van der Waals surface area contributed by atoms with E-state index >= 15 is 0 Å². The zero-order valence-corrected chi connectivity index (χ0v) is 19.0. The summed E-state index contributed by atoms with van der Waals surface area (Å²) in [6.07, 6.45) is 1.97. The smallest absolute Gasteiger partial charge is 0.307 e. The van der Waals surface area contributed by atoms with Crippen molar-refractivity contribution in [2.45, 2.75) is 32.4 Å². The average molecular weight is 453 g/mol. The van der Waals surface area contributed by atoms with Gasteiger partial charge in [0.05, 0.1) is 31.3 Å². The molecule has 2 aromatic heterocycles. The van der Waals surface area contributed by atoms with Gasteiger partial charge in [0, 0.05) is 29.8 Å². The standard InChI is InChI=1S/C24H25FN4O2S/c1-15-13-19(16(2)29(15)18-8-6-7-17(25)14-18)23-22(20-9-4-5-11-26-20)27-24(32)28(23)12-10-21(30)31-3/h4-9,11,13-14,22-23H,10,12H2,1-3H3,(H,27,32). The molecule has 0 saturated carbocycles. The topological polar surface area (TPSA) is 59.4 Å². The van der Waals surface area contributed by atoms with E-state index in [2.05, 4.69) is 16.4 Å². The fourth-order valence-corrected chi connectivity index (χ4v) is 4.73. The maximum Gasteiger partial charge on any atom is 0.307 e. The highest BCUT2D eigenvalue weighted by Gasteiger charge is 2.41. The predicted molar refractivity (Wildman–Crippen MR) is 124 cm³/mol. The molecule has 4 rings (SSSR count). The number of nitrogens with zero attached hydrogens (tertiary/aromatic N) is 3. The first-order valence-electron chi connectivity index (χ1n) is 10.4. The SMILES string of the molecule is COC(=O)CCN1C(=S)NC(c2ccccn2)C1c1cc(C)n(-c2cccc(F)c2)c1C. The summed E-state index contributed by atoms with van der Waals surface area (Å²) < 4.78 is 20.8. The van der Waals surface area contributed by atoms with Crippen LogP contribution in [0, 0.1) is 19.7 Å². The molecule has 3 aromatic rings. The van der Waals surface area contributed by atoms with Gasteiger partial charge in [-0.1, -0.05) is 12.1 Å². The second-order valence-corrected chi connectivity index (χ2v) is 8.17. The Balaban J connectivity index is 1.80. The number of thiocarbonyl (C=S) groups is 1. The van der Waals surface area contributed by atoms with Gasteiger partial charge in [-0.3, -0.25) is 9.78 Å². The summed E-state index contributed by atoms with van der Waals surface area (Å²) in [6, 6.07) is 14.0. The van der Waals surface area contributed by atoms with Crippen LogP contribution < -0.4 is 5.32 Å². The van der Waals surface area contributed by atoms with E-state index in [0.717, 1.165) is 28.3 Å². The number of pyridine rings is 1. The molecular formula is C24H25FN4O2S. The molecular weight excluding hydrogens is 427 g/mol. The number of rotatable bonds is 6. The van der Waals surface area contributed by atoms with Gasteiger partial charge in [0.1, 0.15) is 5.82 Å². The summed E-state index contributed by atoms with van der Waals surface area (Å²) >= 11 is 5.65. The first kappa shape index (κ1) is 22.0. The van der Waals surface area contributed by atoms with Gasteiger partial charge in [-0.2, -0.15) is 0 Å².